The highest BCUT2D eigenvalue weighted by atomic mass is 19.1. The molecule has 1 heterocycles. The maximum Gasteiger partial charge on any atom is 0.325 e. The van der Waals surface area contributed by atoms with Crippen molar-refractivity contribution >= 4 is 11.9 Å². The van der Waals surface area contributed by atoms with E-state index in [0.29, 0.717) is 6.42 Å². The van der Waals surface area contributed by atoms with Gasteiger partial charge < -0.3 is 10.1 Å². The summed E-state index contributed by atoms with van der Waals surface area (Å²) in [4.78, 5) is 24.4. The van der Waals surface area contributed by atoms with Crippen molar-refractivity contribution in [3.8, 4) is 0 Å². The fraction of sp³-hybridized carbons (Fsp3) is 0.364. The Hall–Kier alpha value is -2.77. The quantitative estimate of drug-likeness (QED) is 0.651. The minimum Gasteiger partial charge on any atom is -0.454 e. The van der Waals surface area contributed by atoms with Gasteiger partial charge in [-0.3, -0.25) is 9.59 Å². The summed E-state index contributed by atoms with van der Waals surface area (Å²) in [6.45, 7) is 5.61. The molecule has 1 aliphatic rings. The molecular formula is C22H26FN3O3. The van der Waals surface area contributed by atoms with E-state index >= 15 is 0 Å². The Morgan fingerprint density at radius 3 is 2.55 bits per heavy atom. The predicted molar refractivity (Wildman–Crippen MR) is 107 cm³/mol. The van der Waals surface area contributed by atoms with E-state index in [9.17, 15) is 14.0 Å². The molecule has 3 unspecified atom stereocenters. The molecule has 0 saturated carbocycles. The average molecular weight is 399 g/mol. The summed E-state index contributed by atoms with van der Waals surface area (Å²) < 4.78 is 18.2. The molecule has 3 N–H and O–H groups in total. The minimum absolute atomic E-state index is 0.133. The fourth-order valence-corrected chi connectivity index (χ4v) is 3.26. The number of nitrogens with one attached hydrogen (secondary N) is 3. The zero-order valence-electron chi connectivity index (χ0n) is 16.8. The van der Waals surface area contributed by atoms with Gasteiger partial charge in [-0.25, -0.2) is 15.2 Å². The molecule has 1 amide bonds. The first-order valence-corrected chi connectivity index (χ1v) is 9.63. The third-order valence-corrected chi connectivity index (χ3v) is 5.21. The molecule has 0 radical (unpaired) electrons. The van der Waals surface area contributed by atoms with Crippen LogP contribution in [0.2, 0.25) is 0 Å². The summed E-state index contributed by atoms with van der Waals surface area (Å²) in [5, 5.41) is 2.84. The normalized spacial score (nSPS) is 19.6. The Morgan fingerprint density at radius 2 is 1.86 bits per heavy atom. The van der Waals surface area contributed by atoms with Gasteiger partial charge in [0.15, 0.2) is 6.61 Å². The van der Waals surface area contributed by atoms with Gasteiger partial charge in [0.2, 0.25) is 0 Å². The molecule has 3 rings (SSSR count). The van der Waals surface area contributed by atoms with E-state index < -0.39 is 12.0 Å². The number of hydrazine groups is 1. The van der Waals surface area contributed by atoms with Crippen molar-refractivity contribution in [3.63, 3.8) is 0 Å². The molecule has 3 atom stereocenters. The van der Waals surface area contributed by atoms with Crippen molar-refractivity contribution in [1.82, 2.24) is 16.2 Å². The van der Waals surface area contributed by atoms with Gasteiger partial charge in [0.1, 0.15) is 11.9 Å². The smallest absolute Gasteiger partial charge is 0.325 e. The Balaban J connectivity index is 1.45. The first-order valence-electron chi connectivity index (χ1n) is 9.63. The monoisotopic (exact) mass is 399 g/mol. The first kappa shape index (κ1) is 21.0. The number of rotatable bonds is 6. The van der Waals surface area contributed by atoms with Crippen molar-refractivity contribution in [2.75, 3.05) is 6.61 Å². The zero-order chi connectivity index (χ0) is 21.0. The molecule has 0 aromatic heterocycles. The summed E-state index contributed by atoms with van der Waals surface area (Å²) in [6.07, 6.45) is 0.450. The van der Waals surface area contributed by atoms with Crippen LogP contribution in [0, 0.1) is 19.7 Å². The van der Waals surface area contributed by atoms with Crippen LogP contribution in [-0.2, 0) is 14.3 Å². The van der Waals surface area contributed by atoms with Crippen LogP contribution < -0.4 is 16.2 Å². The highest BCUT2D eigenvalue weighted by molar-refractivity contribution is 5.82. The average Bonchev–Trinajstić information content (AvgIpc) is 3.19. The number of carbonyl (C=O) groups excluding carboxylic acids is 2. The van der Waals surface area contributed by atoms with E-state index in [1.165, 1.54) is 17.7 Å². The highest BCUT2D eigenvalue weighted by Gasteiger charge is 2.31. The topological polar surface area (TPSA) is 79.5 Å². The molecule has 0 aliphatic carbocycles. The van der Waals surface area contributed by atoms with Crippen molar-refractivity contribution < 1.29 is 18.7 Å². The van der Waals surface area contributed by atoms with Gasteiger partial charge >= 0.3 is 5.97 Å². The lowest BCUT2D eigenvalue weighted by molar-refractivity contribution is -0.150. The van der Waals surface area contributed by atoms with Gasteiger partial charge in [-0.1, -0.05) is 30.3 Å². The Morgan fingerprint density at radius 1 is 1.14 bits per heavy atom. The third kappa shape index (κ3) is 5.40. The van der Waals surface area contributed by atoms with E-state index in [0.717, 1.165) is 16.7 Å². The third-order valence-electron chi connectivity index (χ3n) is 5.21. The second-order valence-electron chi connectivity index (χ2n) is 7.42. The molecule has 6 nitrogen and oxygen atoms in total. The number of aryl methyl sites for hydroxylation is 2. The van der Waals surface area contributed by atoms with Crippen LogP contribution in [0.5, 0.6) is 0 Å². The van der Waals surface area contributed by atoms with E-state index in [2.05, 4.69) is 16.2 Å². The van der Waals surface area contributed by atoms with Crippen LogP contribution in [0.25, 0.3) is 0 Å². The molecule has 0 bridgehead atoms. The SMILES string of the molecule is Cc1ccc(C(C)NC(=O)COC(=O)C2CC(c3ccc(F)cc3)NN2)cc1C. The fourth-order valence-electron chi connectivity index (χ4n) is 3.26. The molecule has 1 aliphatic heterocycles. The summed E-state index contributed by atoms with van der Waals surface area (Å²) in [5.74, 6) is -1.17. The molecule has 2 aromatic rings. The van der Waals surface area contributed by atoms with Gasteiger partial charge in [0.05, 0.1) is 6.04 Å². The molecule has 1 saturated heterocycles. The van der Waals surface area contributed by atoms with Gasteiger partial charge in [-0.2, -0.15) is 0 Å². The predicted octanol–water partition coefficient (Wildman–Crippen LogP) is 2.77. The molecule has 1 fully saturated rings. The first-order chi connectivity index (χ1) is 13.8. The second kappa shape index (κ2) is 9.15. The summed E-state index contributed by atoms with van der Waals surface area (Å²) in [5.41, 5.74) is 10.1. The van der Waals surface area contributed by atoms with Crippen LogP contribution >= 0.6 is 0 Å². The number of hydrogen-bond donors (Lipinski definition) is 3. The van der Waals surface area contributed by atoms with Crippen LogP contribution in [0.4, 0.5) is 4.39 Å². The highest BCUT2D eigenvalue weighted by Crippen LogP contribution is 2.23. The summed E-state index contributed by atoms with van der Waals surface area (Å²) >= 11 is 0. The maximum atomic E-state index is 13.0. The van der Waals surface area contributed by atoms with Crippen LogP contribution in [0.1, 0.15) is 47.7 Å². The van der Waals surface area contributed by atoms with Crippen LogP contribution in [-0.4, -0.2) is 24.5 Å². The van der Waals surface area contributed by atoms with Crippen molar-refractivity contribution in [1.29, 1.82) is 0 Å². The number of ether oxygens (including phenoxy) is 1. The van der Waals surface area contributed by atoms with Crippen LogP contribution in [0.3, 0.4) is 0 Å². The number of esters is 1. The summed E-state index contributed by atoms with van der Waals surface area (Å²) in [7, 11) is 0. The number of amides is 1. The van der Waals surface area contributed by atoms with E-state index in [-0.39, 0.29) is 30.4 Å². The molecule has 154 valence electrons. The summed E-state index contributed by atoms with van der Waals surface area (Å²) in [6, 6.07) is 11.2. The lowest BCUT2D eigenvalue weighted by Gasteiger charge is -2.16. The Kier molecular flexibility index (Phi) is 6.61. The second-order valence-corrected chi connectivity index (χ2v) is 7.42. The minimum atomic E-state index is -0.574. The van der Waals surface area contributed by atoms with Gasteiger partial charge in [-0.05, 0) is 61.6 Å². The number of carbonyl (C=O) groups is 2. The van der Waals surface area contributed by atoms with Crippen molar-refractivity contribution in [3.05, 3.63) is 70.5 Å². The van der Waals surface area contributed by atoms with E-state index in [1.54, 1.807) is 12.1 Å². The van der Waals surface area contributed by atoms with Crippen LogP contribution in [0.15, 0.2) is 42.5 Å². The zero-order valence-corrected chi connectivity index (χ0v) is 16.8. The van der Waals surface area contributed by atoms with Gasteiger partial charge in [-0.15, -0.1) is 0 Å². The Labute approximate surface area is 169 Å². The standard InChI is InChI=1S/C22H26FN3O3/c1-13-4-5-17(10-14(13)2)15(3)24-21(27)12-29-22(28)20-11-19(25-26-20)16-6-8-18(23)9-7-16/h4-10,15,19-20,25-26H,11-12H2,1-3H3,(H,24,27). The molecule has 0 spiro atoms. The number of halogens is 1. The molecule has 29 heavy (non-hydrogen) atoms. The Bertz CT molecular complexity index is 885. The van der Waals surface area contributed by atoms with E-state index in [1.807, 2.05) is 39.0 Å². The largest absolute Gasteiger partial charge is 0.454 e. The molecule has 2 aromatic carbocycles. The van der Waals surface area contributed by atoms with E-state index in [4.69, 9.17) is 4.74 Å². The maximum absolute atomic E-state index is 13.0. The number of benzene rings is 2. The lowest BCUT2D eigenvalue weighted by Crippen LogP contribution is -2.39. The van der Waals surface area contributed by atoms with Crippen molar-refractivity contribution in [2.24, 2.45) is 0 Å². The van der Waals surface area contributed by atoms with Gasteiger partial charge in [0.25, 0.3) is 5.91 Å². The molecular weight excluding hydrogens is 373 g/mol. The molecule has 7 heteroatoms. The van der Waals surface area contributed by atoms with Gasteiger partial charge in [0, 0.05) is 6.04 Å². The lowest BCUT2D eigenvalue weighted by atomic mass is 10.0. The van der Waals surface area contributed by atoms with Crippen molar-refractivity contribution in [2.45, 2.75) is 45.3 Å². The number of hydrogen-bond acceptors (Lipinski definition) is 5.